The van der Waals surface area contributed by atoms with Crippen molar-refractivity contribution in [1.29, 1.82) is 0 Å². The average Bonchev–Trinajstić information content (AvgIpc) is 2.92. The number of piperidine rings is 1. The fourth-order valence-corrected chi connectivity index (χ4v) is 3.31. The second-order valence-electron chi connectivity index (χ2n) is 5.51. The number of nitrogens with zero attached hydrogens (tertiary/aromatic N) is 1. The lowest BCUT2D eigenvalue weighted by Crippen LogP contribution is -2.47. The monoisotopic (exact) mass is 281 g/mol. The molecule has 2 heterocycles. The number of carbonyl (C=O) groups excluding carboxylic acids is 1. The summed E-state index contributed by atoms with van der Waals surface area (Å²) in [6, 6.07) is 3.93. The SMILES string of the molecule is CC(C)(C(=O)N1CCC(C(=O)O)CC1)c1cccs1. The van der Waals surface area contributed by atoms with Gasteiger partial charge in [-0.15, -0.1) is 11.3 Å². The van der Waals surface area contributed by atoms with Gasteiger partial charge >= 0.3 is 5.97 Å². The molecule has 0 aromatic carbocycles. The summed E-state index contributed by atoms with van der Waals surface area (Å²) in [5.74, 6) is -0.947. The minimum Gasteiger partial charge on any atom is -0.481 e. The van der Waals surface area contributed by atoms with Crippen molar-refractivity contribution in [3.8, 4) is 0 Å². The van der Waals surface area contributed by atoms with Crippen molar-refractivity contribution >= 4 is 23.2 Å². The van der Waals surface area contributed by atoms with E-state index in [2.05, 4.69) is 0 Å². The van der Waals surface area contributed by atoms with Gasteiger partial charge in [0.1, 0.15) is 0 Å². The number of amides is 1. The number of hydrogen-bond acceptors (Lipinski definition) is 3. The Morgan fingerprint density at radius 2 is 2.00 bits per heavy atom. The van der Waals surface area contributed by atoms with E-state index in [1.165, 1.54) is 0 Å². The Bertz CT molecular complexity index is 459. The Hall–Kier alpha value is -1.36. The van der Waals surface area contributed by atoms with E-state index in [-0.39, 0.29) is 11.8 Å². The van der Waals surface area contributed by atoms with Crippen molar-refractivity contribution in [2.75, 3.05) is 13.1 Å². The fraction of sp³-hybridized carbons (Fsp3) is 0.571. The minimum atomic E-state index is -0.746. The lowest BCUT2D eigenvalue weighted by atomic mass is 9.87. The highest BCUT2D eigenvalue weighted by atomic mass is 32.1. The quantitative estimate of drug-likeness (QED) is 0.925. The Morgan fingerprint density at radius 3 is 2.47 bits per heavy atom. The summed E-state index contributed by atoms with van der Waals surface area (Å²) in [7, 11) is 0. The highest BCUT2D eigenvalue weighted by Crippen LogP contribution is 2.31. The molecular weight excluding hydrogens is 262 g/mol. The highest BCUT2D eigenvalue weighted by Gasteiger charge is 2.37. The van der Waals surface area contributed by atoms with E-state index < -0.39 is 11.4 Å². The lowest BCUT2D eigenvalue weighted by molar-refractivity contribution is -0.146. The van der Waals surface area contributed by atoms with Crippen LogP contribution in [0, 0.1) is 5.92 Å². The first-order chi connectivity index (χ1) is 8.93. The summed E-state index contributed by atoms with van der Waals surface area (Å²) >= 11 is 1.59. The normalized spacial score (nSPS) is 17.5. The lowest BCUT2D eigenvalue weighted by Gasteiger charge is -2.35. The third-order valence-corrected chi connectivity index (χ3v) is 5.00. The predicted octanol–water partition coefficient (Wildman–Crippen LogP) is 2.35. The molecule has 0 atom stereocenters. The Kier molecular flexibility index (Phi) is 3.94. The molecule has 1 aromatic rings. The van der Waals surface area contributed by atoms with Gasteiger partial charge in [0.15, 0.2) is 0 Å². The topological polar surface area (TPSA) is 57.6 Å². The zero-order valence-corrected chi connectivity index (χ0v) is 12.1. The summed E-state index contributed by atoms with van der Waals surface area (Å²) in [6.07, 6.45) is 1.11. The summed E-state index contributed by atoms with van der Waals surface area (Å²) in [5.41, 5.74) is -0.524. The molecule has 4 nitrogen and oxygen atoms in total. The maximum absolute atomic E-state index is 12.6. The van der Waals surface area contributed by atoms with E-state index in [1.54, 1.807) is 16.2 Å². The van der Waals surface area contributed by atoms with Crippen molar-refractivity contribution in [3.05, 3.63) is 22.4 Å². The van der Waals surface area contributed by atoms with Crippen LogP contribution >= 0.6 is 11.3 Å². The number of thiophene rings is 1. The number of carboxylic acid groups (broad SMARTS) is 1. The van der Waals surface area contributed by atoms with Gasteiger partial charge in [-0.05, 0) is 38.1 Å². The summed E-state index contributed by atoms with van der Waals surface area (Å²) in [5, 5.41) is 10.9. The Labute approximate surface area is 117 Å². The molecule has 0 bridgehead atoms. The van der Waals surface area contributed by atoms with Gasteiger partial charge in [-0.3, -0.25) is 9.59 Å². The molecule has 19 heavy (non-hydrogen) atoms. The predicted molar refractivity (Wildman–Crippen MR) is 74.3 cm³/mol. The number of aliphatic carboxylic acids is 1. The second kappa shape index (κ2) is 5.33. The molecule has 0 aliphatic carbocycles. The molecule has 2 rings (SSSR count). The van der Waals surface area contributed by atoms with Crippen molar-refractivity contribution < 1.29 is 14.7 Å². The molecule has 1 aliphatic heterocycles. The van der Waals surface area contributed by atoms with Crippen LogP contribution < -0.4 is 0 Å². The molecule has 5 heteroatoms. The van der Waals surface area contributed by atoms with E-state index in [0.29, 0.717) is 25.9 Å². The zero-order chi connectivity index (χ0) is 14.0. The van der Waals surface area contributed by atoms with Crippen LogP contribution in [-0.2, 0) is 15.0 Å². The van der Waals surface area contributed by atoms with Gasteiger partial charge in [-0.25, -0.2) is 0 Å². The maximum Gasteiger partial charge on any atom is 0.306 e. The number of carboxylic acids is 1. The van der Waals surface area contributed by atoms with Crippen molar-refractivity contribution in [2.24, 2.45) is 5.92 Å². The average molecular weight is 281 g/mol. The molecule has 1 aromatic heterocycles. The Morgan fingerprint density at radius 1 is 1.37 bits per heavy atom. The van der Waals surface area contributed by atoms with Crippen LogP contribution in [0.3, 0.4) is 0 Å². The number of rotatable bonds is 3. The van der Waals surface area contributed by atoms with Crippen LogP contribution in [0.1, 0.15) is 31.6 Å². The standard InChI is InChI=1S/C14H19NO3S/c1-14(2,11-4-3-9-19-11)13(18)15-7-5-10(6-8-15)12(16)17/h3-4,9-10H,5-8H2,1-2H3,(H,16,17). The van der Waals surface area contributed by atoms with Crippen LogP contribution in [0.2, 0.25) is 0 Å². The third-order valence-electron chi connectivity index (χ3n) is 3.80. The number of hydrogen-bond donors (Lipinski definition) is 1. The van der Waals surface area contributed by atoms with Crippen LogP contribution in [0.5, 0.6) is 0 Å². The molecule has 1 N–H and O–H groups in total. The van der Waals surface area contributed by atoms with Crippen LogP contribution in [0.15, 0.2) is 17.5 Å². The van der Waals surface area contributed by atoms with Crippen LogP contribution in [0.25, 0.3) is 0 Å². The van der Waals surface area contributed by atoms with Gasteiger partial charge in [0.2, 0.25) is 5.91 Å². The first-order valence-electron chi connectivity index (χ1n) is 6.49. The number of likely N-dealkylation sites (tertiary alicyclic amines) is 1. The van der Waals surface area contributed by atoms with Crippen molar-refractivity contribution in [3.63, 3.8) is 0 Å². The summed E-state index contributed by atoms with van der Waals surface area (Å²) in [6.45, 7) is 4.96. The van der Waals surface area contributed by atoms with Gasteiger partial charge < -0.3 is 10.0 Å². The van der Waals surface area contributed by atoms with E-state index in [9.17, 15) is 9.59 Å². The summed E-state index contributed by atoms with van der Waals surface area (Å²) in [4.78, 5) is 26.4. The highest BCUT2D eigenvalue weighted by molar-refractivity contribution is 7.10. The number of carbonyl (C=O) groups is 2. The molecule has 0 unspecified atom stereocenters. The maximum atomic E-state index is 12.6. The van der Waals surface area contributed by atoms with Crippen LogP contribution in [0.4, 0.5) is 0 Å². The van der Waals surface area contributed by atoms with Crippen molar-refractivity contribution in [1.82, 2.24) is 4.90 Å². The van der Waals surface area contributed by atoms with Gasteiger partial charge in [-0.2, -0.15) is 0 Å². The molecule has 1 saturated heterocycles. The van der Waals surface area contributed by atoms with Crippen molar-refractivity contribution in [2.45, 2.75) is 32.1 Å². The molecule has 0 spiro atoms. The fourth-order valence-electron chi connectivity index (χ4n) is 2.46. The largest absolute Gasteiger partial charge is 0.481 e. The van der Waals surface area contributed by atoms with Gasteiger partial charge in [0.05, 0.1) is 11.3 Å². The molecule has 1 aliphatic rings. The molecule has 104 valence electrons. The molecule has 0 saturated carbocycles. The third kappa shape index (κ3) is 2.81. The minimum absolute atomic E-state index is 0.0961. The van der Waals surface area contributed by atoms with E-state index in [0.717, 1.165) is 4.88 Å². The summed E-state index contributed by atoms with van der Waals surface area (Å²) < 4.78 is 0. The molecule has 0 radical (unpaired) electrons. The van der Waals surface area contributed by atoms with E-state index in [4.69, 9.17) is 5.11 Å². The first-order valence-corrected chi connectivity index (χ1v) is 7.37. The smallest absolute Gasteiger partial charge is 0.306 e. The van der Waals surface area contributed by atoms with Gasteiger partial charge in [0, 0.05) is 18.0 Å². The Balaban J connectivity index is 2.04. The van der Waals surface area contributed by atoms with Gasteiger partial charge in [0.25, 0.3) is 0 Å². The second-order valence-corrected chi connectivity index (χ2v) is 6.45. The molecule has 1 amide bonds. The first kappa shape index (κ1) is 14.1. The van der Waals surface area contributed by atoms with Crippen LogP contribution in [-0.4, -0.2) is 35.0 Å². The zero-order valence-electron chi connectivity index (χ0n) is 11.3. The van der Waals surface area contributed by atoms with E-state index >= 15 is 0 Å². The van der Waals surface area contributed by atoms with E-state index in [1.807, 2.05) is 31.4 Å². The van der Waals surface area contributed by atoms with Gasteiger partial charge in [-0.1, -0.05) is 6.07 Å². The molecule has 1 fully saturated rings. The molecular formula is C14H19NO3S.